The van der Waals surface area contributed by atoms with Gasteiger partial charge in [-0.15, -0.1) is 0 Å². The Labute approximate surface area is 144 Å². The lowest BCUT2D eigenvalue weighted by atomic mass is 10.2. The summed E-state index contributed by atoms with van der Waals surface area (Å²) in [5.41, 5.74) is 1.30. The first kappa shape index (κ1) is 16.1. The largest absolute Gasteiger partial charge is 0.497 e. The second kappa shape index (κ2) is 7.23. The van der Waals surface area contributed by atoms with Crippen molar-refractivity contribution < 1.29 is 9.53 Å². The van der Waals surface area contributed by atoms with Crippen LogP contribution in [0.3, 0.4) is 0 Å². The Morgan fingerprint density at radius 3 is 2.67 bits per heavy atom. The highest BCUT2D eigenvalue weighted by atomic mass is 32.2. The molecule has 122 valence electrons. The number of ether oxygens (including phenoxy) is 1. The number of aryl methyl sites for hydroxylation is 1. The van der Waals surface area contributed by atoms with Crippen LogP contribution in [0.1, 0.15) is 10.4 Å². The van der Waals surface area contributed by atoms with E-state index in [0.29, 0.717) is 11.3 Å². The van der Waals surface area contributed by atoms with Gasteiger partial charge in [-0.1, -0.05) is 17.8 Å². The summed E-state index contributed by atoms with van der Waals surface area (Å²) in [5.74, 6) is 0.489. The number of amides is 1. The smallest absolute Gasteiger partial charge is 0.255 e. The fourth-order valence-corrected chi connectivity index (χ4v) is 2.93. The molecule has 3 aromatic rings. The summed E-state index contributed by atoms with van der Waals surface area (Å²) in [7, 11) is 3.53. The second-order valence-electron chi connectivity index (χ2n) is 5.13. The first-order chi connectivity index (χ1) is 11.7. The highest BCUT2D eigenvalue weighted by Gasteiger charge is 2.08. The monoisotopic (exact) mass is 339 g/mol. The van der Waals surface area contributed by atoms with E-state index in [0.717, 1.165) is 15.7 Å². The van der Waals surface area contributed by atoms with Gasteiger partial charge in [-0.2, -0.15) is 0 Å². The van der Waals surface area contributed by atoms with Crippen LogP contribution in [-0.2, 0) is 7.05 Å². The minimum absolute atomic E-state index is 0.168. The highest BCUT2D eigenvalue weighted by molar-refractivity contribution is 7.99. The molecule has 0 atom stereocenters. The van der Waals surface area contributed by atoms with Crippen molar-refractivity contribution in [3.63, 3.8) is 0 Å². The van der Waals surface area contributed by atoms with Crippen LogP contribution in [0.25, 0.3) is 0 Å². The van der Waals surface area contributed by atoms with E-state index in [2.05, 4.69) is 10.3 Å². The molecule has 0 saturated heterocycles. The molecular formula is C18H17N3O2S. The van der Waals surface area contributed by atoms with Gasteiger partial charge in [-0.25, -0.2) is 4.98 Å². The van der Waals surface area contributed by atoms with Gasteiger partial charge in [0.25, 0.3) is 5.91 Å². The van der Waals surface area contributed by atoms with E-state index in [1.54, 1.807) is 49.3 Å². The minimum Gasteiger partial charge on any atom is -0.497 e. The zero-order chi connectivity index (χ0) is 16.9. The normalized spacial score (nSPS) is 10.4. The molecule has 0 aliphatic carbocycles. The fraction of sp³-hybridized carbons (Fsp3) is 0.111. The van der Waals surface area contributed by atoms with Crippen LogP contribution >= 0.6 is 11.8 Å². The average molecular weight is 339 g/mol. The van der Waals surface area contributed by atoms with E-state index in [1.807, 2.05) is 42.1 Å². The number of aromatic nitrogens is 2. The van der Waals surface area contributed by atoms with Gasteiger partial charge in [-0.3, -0.25) is 4.79 Å². The number of nitrogens with one attached hydrogen (secondary N) is 1. The van der Waals surface area contributed by atoms with E-state index < -0.39 is 0 Å². The lowest BCUT2D eigenvalue weighted by Gasteiger charge is -2.08. The van der Waals surface area contributed by atoms with Crippen LogP contribution in [0.2, 0.25) is 0 Å². The molecule has 2 aromatic carbocycles. The molecule has 0 fully saturated rings. The summed E-state index contributed by atoms with van der Waals surface area (Å²) >= 11 is 1.57. The molecule has 0 spiro atoms. The number of carbonyl (C=O) groups is 1. The van der Waals surface area contributed by atoms with Crippen LogP contribution in [0.5, 0.6) is 5.75 Å². The third kappa shape index (κ3) is 3.78. The molecule has 0 saturated carbocycles. The standard InChI is InChI=1S/C18H17N3O2S/c1-21-11-10-19-18(21)24-16-8-6-14(7-9-16)20-17(22)13-4-3-5-15(12-13)23-2/h3-12H,1-2H3,(H,20,22). The first-order valence-corrected chi connectivity index (χ1v) is 8.18. The Balaban J connectivity index is 1.67. The Kier molecular flexibility index (Phi) is 4.86. The lowest BCUT2D eigenvalue weighted by molar-refractivity contribution is 0.102. The Hall–Kier alpha value is -2.73. The Morgan fingerprint density at radius 1 is 1.21 bits per heavy atom. The van der Waals surface area contributed by atoms with Gasteiger partial charge in [0.15, 0.2) is 5.16 Å². The summed E-state index contributed by atoms with van der Waals surface area (Å²) in [6.45, 7) is 0. The molecule has 1 N–H and O–H groups in total. The summed E-state index contributed by atoms with van der Waals surface area (Å²) in [6, 6.07) is 14.7. The molecule has 1 aromatic heterocycles. The van der Waals surface area contributed by atoms with Crippen molar-refractivity contribution in [1.29, 1.82) is 0 Å². The summed E-state index contributed by atoms with van der Waals surface area (Å²) < 4.78 is 7.10. The van der Waals surface area contributed by atoms with Gasteiger partial charge in [0.05, 0.1) is 7.11 Å². The number of hydrogen-bond donors (Lipinski definition) is 1. The molecule has 0 aliphatic heterocycles. The van der Waals surface area contributed by atoms with Gasteiger partial charge in [0.2, 0.25) is 0 Å². The van der Waals surface area contributed by atoms with Crippen molar-refractivity contribution in [3.05, 3.63) is 66.5 Å². The maximum absolute atomic E-state index is 12.3. The molecule has 0 aliphatic rings. The molecule has 5 nitrogen and oxygen atoms in total. The number of carbonyl (C=O) groups excluding carboxylic acids is 1. The highest BCUT2D eigenvalue weighted by Crippen LogP contribution is 2.27. The topological polar surface area (TPSA) is 56.1 Å². The summed E-state index contributed by atoms with van der Waals surface area (Å²) in [4.78, 5) is 17.6. The fourth-order valence-electron chi connectivity index (χ4n) is 2.13. The summed E-state index contributed by atoms with van der Waals surface area (Å²) in [6.07, 6.45) is 3.68. The van der Waals surface area contributed by atoms with Crippen molar-refractivity contribution in [1.82, 2.24) is 9.55 Å². The van der Waals surface area contributed by atoms with Gasteiger partial charge in [-0.05, 0) is 42.5 Å². The maximum Gasteiger partial charge on any atom is 0.255 e. The number of methoxy groups -OCH3 is 1. The van der Waals surface area contributed by atoms with Crippen molar-refractivity contribution in [2.45, 2.75) is 10.1 Å². The van der Waals surface area contributed by atoms with Gasteiger partial charge in [0.1, 0.15) is 5.75 Å². The van der Waals surface area contributed by atoms with E-state index in [-0.39, 0.29) is 5.91 Å². The molecule has 0 unspecified atom stereocenters. The van der Waals surface area contributed by atoms with E-state index in [4.69, 9.17) is 4.74 Å². The van der Waals surface area contributed by atoms with Crippen molar-refractivity contribution in [2.24, 2.45) is 7.05 Å². The third-order valence-corrected chi connectivity index (χ3v) is 4.51. The molecule has 24 heavy (non-hydrogen) atoms. The molecule has 6 heteroatoms. The van der Waals surface area contributed by atoms with Gasteiger partial charge >= 0.3 is 0 Å². The zero-order valence-electron chi connectivity index (χ0n) is 13.4. The van der Waals surface area contributed by atoms with Crippen LogP contribution in [0.15, 0.2) is 71.0 Å². The Bertz CT molecular complexity index is 843. The molecule has 0 bridgehead atoms. The van der Waals surface area contributed by atoms with Crippen LogP contribution < -0.4 is 10.1 Å². The minimum atomic E-state index is -0.168. The number of rotatable bonds is 5. The maximum atomic E-state index is 12.3. The number of imidazole rings is 1. The predicted octanol–water partition coefficient (Wildman–Crippen LogP) is 3.83. The van der Waals surface area contributed by atoms with Gasteiger partial charge in [0, 0.05) is 35.6 Å². The quantitative estimate of drug-likeness (QED) is 0.767. The van der Waals surface area contributed by atoms with Crippen molar-refractivity contribution in [3.8, 4) is 5.75 Å². The van der Waals surface area contributed by atoms with E-state index in [9.17, 15) is 4.79 Å². The van der Waals surface area contributed by atoms with Crippen LogP contribution in [0.4, 0.5) is 5.69 Å². The van der Waals surface area contributed by atoms with Gasteiger partial charge < -0.3 is 14.6 Å². The molecule has 1 amide bonds. The van der Waals surface area contributed by atoms with Crippen LogP contribution in [-0.4, -0.2) is 22.6 Å². The SMILES string of the molecule is COc1cccc(C(=O)Nc2ccc(Sc3nccn3C)cc2)c1. The Morgan fingerprint density at radius 2 is 2.00 bits per heavy atom. The molecule has 3 rings (SSSR count). The first-order valence-electron chi connectivity index (χ1n) is 7.36. The number of anilines is 1. The number of nitrogens with zero attached hydrogens (tertiary/aromatic N) is 2. The van der Waals surface area contributed by atoms with Crippen LogP contribution in [0, 0.1) is 0 Å². The number of hydrogen-bond acceptors (Lipinski definition) is 4. The summed E-state index contributed by atoms with van der Waals surface area (Å²) in [5, 5.41) is 3.80. The van der Waals surface area contributed by atoms with E-state index >= 15 is 0 Å². The molecule has 0 radical (unpaired) electrons. The van der Waals surface area contributed by atoms with Crippen molar-refractivity contribution in [2.75, 3.05) is 12.4 Å². The lowest BCUT2D eigenvalue weighted by Crippen LogP contribution is -2.11. The second-order valence-corrected chi connectivity index (χ2v) is 6.17. The predicted molar refractivity (Wildman–Crippen MR) is 94.7 cm³/mol. The van der Waals surface area contributed by atoms with Crippen molar-refractivity contribution >= 4 is 23.4 Å². The molecular weight excluding hydrogens is 322 g/mol. The number of benzene rings is 2. The average Bonchev–Trinajstić information content (AvgIpc) is 3.01. The third-order valence-electron chi connectivity index (χ3n) is 3.43. The molecule has 1 heterocycles. The zero-order valence-corrected chi connectivity index (χ0v) is 14.2. The van der Waals surface area contributed by atoms with E-state index in [1.165, 1.54) is 0 Å².